The van der Waals surface area contributed by atoms with Crippen molar-refractivity contribution in [3.63, 3.8) is 0 Å². The highest BCUT2D eigenvalue weighted by atomic mass is 79.9. The normalized spacial score (nSPS) is 13.9. The molecule has 4 aromatic rings. The Morgan fingerprint density at radius 2 is 2.06 bits per heavy atom. The number of halogens is 1. The number of fused-ring (bicyclic) bond motifs is 1. The number of rotatable bonds is 4. The quantitative estimate of drug-likeness (QED) is 0.440. The Bertz CT molecular complexity index is 1360. The van der Waals surface area contributed by atoms with Crippen molar-refractivity contribution in [1.29, 1.82) is 0 Å². The maximum Gasteiger partial charge on any atom is 0.407 e. The first kappa shape index (κ1) is 20.2. The topological polar surface area (TPSA) is 126 Å². The smallest absolute Gasteiger partial charge is 0.407 e. The molecule has 1 aromatic carbocycles. The molecule has 0 bridgehead atoms. The number of nitrogens with one attached hydrogen (secondary N) is 1. The van der Waals surface area contributed by atoms with Crippen LogP contribution in [-0.4, -0.2) is 54.6 Å². The minimum atomic E-state index is -0.960. The molecule has 1 saturated heterocycles. The maximum atomic E-state index is 12.9. The average molecular weight is 497 g/mol. The summed E-state index contributed by atoms with van der Waals surface area (Å²) in [5, 5.41) is 15.9. The van der Waals surface area contributed by atoms with Gasteiger partial charge in [-0.05, 0) is 30.7 Å². The Balaban J connectivity index is 1.36. The molecular formula is C21H17BrN6O4. The van der Waals surface area contributed by atoms with Gasteiger partial charge >= 0.3 is 6.09 Å². The molecule has 0 unspecified atom stereocenters. The summed E-state index contributed by atoms with van der Waals surface area (Å²) in [5.74, 6) is 0.383. The molecule has 32 heavy (non-hydrogen) atoms. The molecule has 4 heterocycles. The molecule has 10 nitrogen and oxygen atoms in total. The van der Waals surface area contributed by atoms with Gasteiger partial charge in [0.2, 0.25) is 11.7 Å². The van der Waals surface area contributed by atoms with Gasteiger partial charge in [-0.3, -0.25) is 9.20 Å². The summed E-state index contributed by atoms with van der Waals surface area (Å²) in [7, 11) is 0. The number of nitrogens with zero attached hydrogens (tertiary/aromatic N) is 5. The van der Waals surface area contributed by atoms with E-state index in [9.17, 15) is 9.59 Å². The minimum absolute atomic E-state index is 0.104. The van der Waals surface area contributed by atoms with E-state index in [-0.39, 0.29) is 11.8 Å². The summed E-state index contributed by atoms with van der Waals surface area (Å²) in [6.07, 6.45) is 2.34. The number of aromatic nitrogens is 4. The molecule has 162 valence electrons. The molecule has 11 heteroatoms. The number of amides is 2. The summed E-state index contributed by atoms with van der Waals surface area (Å²) in [5.41, 5.74) is 3.24. The Labute approximate surface area is 190 Å². The van der Waals surface area contributed by atoms with Crippen LogP contribution in [-0.2, 0) is 0 Å². The molecule has 0 atom stereocenters. The van der Waals surface area contributed by atoms with Crippen molar-refractivity contribution in [1.82, 2.24) is 24.4 Å². The number of imidazole rings is 1. The average Bonchev–Trinajstić information content (AvgIpc) is 3.35. The van der Waals surface area contributed by atoms with Crippen LogP contribution < -0.4 is 5.32 Å². The van der Waals surface area contributed by atoms with Gasteiger partial charge in [-0.2, -0.15) is 4.98 Å². The first-order chi connectivity index (χ1) is 15.4. The number of hydrogen-bond acceptors (Lipinski definition) is 6. The zero-order valence-corrected chi connectivity index (χ0v) is 18.4. The fourth-order valence-corrected chi connectivity index (χ4v) is 3.84. The lowest BCUT2D eigenvalue weighted by Gasteiger charge is -2.34. The first-order valence-electron chi connectivity index (χ1n) is 9.75. The van der Waals surface area contributed by atoms with E-state index in [1.165, 1.54) is 11.1 Å². The molecule has 0 aliphatic carbocycles. The monoisotopic (exact) mass is 496 g/mol. The third kappa shape index (κ3) is 3.60. The molecule has 1 aliphatic rings. The van der Waals surface area contributed by atoms with Gasteiger partial charge in [-0.15, -0.1) is 0 Å². The van der Waals surface area contributed by atoms with Crippen LogP contribution in [0.4, 0.5) is 10.5 Å². The highest BCUT2D eigenvalue weighted by Gasteiger charge is 2.35. The van der Waals surface area contributed by atoms with Gasteiger partial charge in [-0.25, -0.2) is 9.78 Å². The fourth-order valence-electron chi connectivity index (χ4n) is 3.52. The van der Waals surface area contributed by atoms with E-state index in [4.69, 9.17) is 9.63 Å². The number of benzene rings is 1. The largest absolute Gasteiger partial charge is 0.465 e. The standard InChI is InChI=1S/C21H17BrN6O4/c1-11-2-3-12(18-25-20(32-26-18)13-9-27(10-13)21(30)31)6-15(11)24-19(29)16-8-23-17-7-14(22)4-5-28(16)17/h2-8,13H,9-10H2,1H3,(H,24,29)(H,30,31). The third-order valence-corrected chi connectivity index (χ3v) is 5.89. The van der Waals surface area contributed by atoms with Crippen molar-refractivity contribution in [2.45, 2.75) is 12.8 Å². The fraction of sp³-hybridized carbons (Fsp3) is 0.190. The summed E-state index contributed by atoms with van der Waals surface area (Å²) < 4.78 is 7.93. The third-order valence-electron chi connectivity index (χ3n) is 5.39. The summed E-state index contributed by atoms with van der Waals surface area (Å²) in [4.78, 5) is 33.8. The first-order valence-corrected chi connectivity index (χ1v) is 10.5. The Hall–Kier alpha value is -3.73. The van der Waals surface area contributed by atoms with Crippen LogP contribution in [0.15, 0.2) is 51.7 Å². The molecule has 1 fully saturated rings. The Kier molecular flexibility index (Phi) is 4.89. The minimum Gasteiger partial charge on any atom is -0.465 e. The van der Waals surface area contributed by atoms with Gasteiger partial charge in [0.25, 0.3) is 5.91 Å². The van der Waals surface area contributed by atoms with Crippen LogP contribution in [0.25, 0.3) is 17.0 Å². The van der Waals surface area contributed by atoms with E-state index in [1.54, 1.807) is 16.7 Å². The number of pyridine rings is 1. The number of aryl methyl sites for hydroxylation is 1. The van der Waals surface area contributed by atoms with Gasteiger partial charge in [-0.1, -0.05) is 33.2 Å². The molecule has 0 spiro atoms. The van der Waals surface area contributed by atoms with E-state index in [1.807, 2.05) is 31.2 Å². The zero-order chi connectivity index (χ0) is 22.4. The molecule has 3 aromatic heterocycles. The molecular weight excluding hydrogens is 480 g/mol. The van der Waals surface area contributed by atoms with Crippen molar-refractivity contribution in [3.05, 3.63) is 64.3 Å². The number of carbonyl (C=O) groups excluding carboxylic acids is 1. The number of anilines is 1. The lowest BCUT2D eigenvalue weighted by atomic mass is 10.0. The Morgan fingerprint density at radius 1 is 1.25 bits per heavy atom. The predicted molar refractivity (Wildman–Crippen MR) is 118 cm³/mol. The van der Waals surface area contributed by atoms with Crippen LogP contribution in [0.2, 0.25) is 0 Å². The second-order valence-corrected chi connectivity index (χ2v) is 8.46. The summed E-state index contributed by atoms with van der Waals surface area (Å²) in [6.45, 7) is 2.56. The van der Waals surface area contributed by atoms with E-state index in [0.29, 0.717) is 47.4 Å². The molecule has 5 rings (SSSR count). The van der Waals surface area contributed by atoms with Crippen LogP contribution in [0.5, 0.6) is 0 Å². The molecule has 0 radical (unpaired) electrons. The van der Waals surface area contributed by atoms with Crippen LogP contribution in [0.3, 0.4) is 0 Å². The van der Waals surface area contributed by atoms with Crippen molar-refractivity contribution in [2.75, 3.05) is 18.4 Å². The van der Waals surface area contributed by atoms with Gasteiger partial charge in [0.1, 0.15) is 11.3 Å². The number of likely N-dealkylation sites (tertiary alicyclic amines) is 1. The van der Waals surface area contributed by atoms with Crippen molar-refractivity contribution >= 4 is 39.3 Å². The Morgan fingerprint density at radius 3 is 2.84 bits per heavy atom. The van der Waals surface area contributed by atoms with Crippen molar-refractivity contribution < 1.29 is 19.2 Å². The van der Waals surface area contributed by atoms with E-state index in [2.05, 4.69) is 36.4 Å². The van der Waals surface area contributed by atoms with Crippen LogP contribution >= 0.6 is 15.9 Å². The van der Waals surface area contributed by atoms with Gasteiger partial charge in [0.15, 0.2) is 0 Å². The van der Waals surface area contributed by atoms with Gasteiger partial charge in [0.05, 0.1) is 12.1 Å². The van der Waals surface area contributed by atoms with Crippen LogP contribution in [0.1, 0.15) is 27.9 Å². The second kappa shape index (κ2) is 7.75. The zero-order valence-electron chi connectivity index (χ0n) is 16.8. The lowest BCUT2D eigenvalue weighted by molar-refractivity contribution is 0.0958. The summed E-state index contributed by atoms with van der Waals surface area (Å²) in [6, 6.07) is 9.15. The lowest BCUT2D eigenvalue weighted by Crippen LogP contribution is -2.47. The highest BCUT2D eigenvalue weighted by molar-refractivity contribution is 9.10. The van der Waals surface area contributed by atoms with E-state index in [0.717, 1.165) is 10.0 Å². The summed E-state index contributed by atoms with van der Waals surface area (Å²) >= 11 is 3.40. The SMILES string of the molecule is Cc1ccc(-c2noc(C3CN(C(=O)O)C3)n2)cc1NC(=O)c1cnc2cc(Br)ccn12. The van der Waals surface area contributed by atoms with Crippen molar-refractivity contribution in [2.24, 2.45) is 0 Å². The number of carbonyl (C=O) groups is 2. The second-order valence-electron chi connectivity index (χ2n) is 7.54. The number of hydrogen-bond donors (Lipinski definition) is 2. The molecule has 2 amide bonds. The van der Waals surface area contributed by atoms with E-state index < -0.39 is 6.09 Å². The van der Waals surface area contributed by atoms with Gasteiger partial charge < -0.3 is 19.8 Å². The molecule has 2 N–H and O–H groups in total. The molecule has 1 aliphatic heterocycles. The highest BCUT2D eigenvalue weighted by Crippen LogP contribution is 2.29. The predicted octanol–water partition coefficient (Wildman–Crippen LogP) is 3.78. The van der Waals surface area contributed by atoms with Crippen LogP contribution in [0, 0.1) is 6.92 Å². The molecule has 0 saturated carbocycles. The maximum absolute atomic E-state index is 12.9. The van der Waals surface area contributed by atoms with Crippen molar-refractivity contribution in [3.8, 4) is 11.4 Å². The van der Waals surface area contributed by atoms with Gasteiger partial charge in [0, 0.05) is 35.0 Å². The van der Waals surface area contributed by atoms with E-state index >= 15 is 0 Å². The number of carboxylic acid groups (broad SMARTS) is 1.